The summed E-state index contributed by atoms with van der Waals surface area (Å²) in [5.41, 5.74) is 6.45. The third-order valence-electron chi connectivity index (χ3n) is 7.28. The topological polar surface area (TPSA) is 99.9 Å². The van der Waals surface area contributed by atoms with Crippen molar-refractivity contribution in [1.82, 2.24) is 0 Å². The van der Waals surface area contributed by atoms with Gasteiger partial charge in [0, 0.05) is 6.61 Å². The molecule has 0 spiro atoms. The van der Waals surface area contributed by atoms with E-state index in [0.29, 0.717) is 104 Å². The molecule has 0 aromatic heterocycles. The summed E-state index contributed by atoms with van der Waals surface area (Å²) in [7, 11) is 0. The number of benzene rings is 1. The Morgan fingerprint density at radius 1 is 0.378 bits per heavy atom. The molecule has 0 radical (unpaired) electrons. The molecular weight excluding hydrogens is 574 g/mol. The van der Waals surface area contributed by atoms with Crippen molar-refractivity contribution >= 4 is 5.69 Å². The molecule has 1 rings (SSSR count). The zero-order valence-electron chi connectivity index (χ0n) is 28.7. The van der Waals surface area contributed by atoms with E-state index in [4.69, 9.17) is 43.6 Å². The first-order chi connectivity index (χ1) is 22.3. The van der Waals surface area contributed by atoms with E-state index < -0.39 is 0 Å². The molecule has 0 unspecified atom stereocenters. The molecule has 0 saturated heterocycles. The minimum Gasteiger partial charge on any atom is -0.489 e. The van der Waals surface area contributed by atoms with Gasteiger partial charge in [-0.3, -0.25) is 0 Å². The van der Waals surface area contributed by atoms with Crippen LogP contribution in [0.25, 0.3) is 0 Å². The van der Waals surface area contributed by atoms with E-state index in [-0.39, 0.29) is 0 Å². The third kappa shape index (κ3) is 30.9. The number of nitrogen functional groups attached to an aromatic ring is 1. The van der Waals surface area contributed by atoms with Gasteiger partial charge in [0.1, 0.15) is 12.4 Å². The molecule has 9 nitrogen and oxygen atoms in total. The van der Waals surface area contributed by atoms with Crippen LogP contribution >= 0.6 is 0 Å². The molecule has 2 N–H and O–H groups in total. The van der Waals surface area contributed by atoms with Crippen molar-refractivity contribution in [1.29, 1.82) is 0 Å². The second-order valence-electron chi connectivity index (χ2n) is 11.3. The van der Waals surface area contributed by atoms with E-state index in [1.807, 2.05) is 24.3 Å². The van der Waals surface area contributed by atoms with Gasteiger partial charge in [-0.15, -0.1) is 0 Å². The fraction of sp³-hybridized carbons (Fsp3) is 0.833. The molecule has 0 heterocycles. The fourth-order valence-electron chi connectivity index (χ4n) is 4.64. The van der Waals surface area contributed by atoms with Gasteiger partial charge in [-0.05, 0) is 18.6 Å². The summed E-state index contributed by atoms with van der Waals surface area (Å²) in [6.07, 6.45) is 19.3. The minimum atomic E-state index is 0.450. The first-order valence-electron chi connectivity index (χ1n) is 17.9. The van der Waals surface area contributed by atoms with Crippen molar-refractivity contribution in [2.45, 2.75) is 96.8 Å². The normalized spacial score (nSPS) is 11.4. The maximum atomic E-state index is 5.83. The Kier molecular flexibility index (Phi) is 32.7. The van der Waals surface area contributed by atoms with Gasteiger partial charge < -0.3 is 43.6 Å². The van der Waals surface area contributed by atoms with Crippen LogP contribution in [0.1, 0.15) is 96.8 Å². The molecule has 0 bridgehead atoms. The smallest absolute Gasteiger partial charge is 0.142 e. The number of hydrogen-bond acceptors (Lipinski definition) is 9. The van der Waals surface area contributed by atoms with Crippen molar-refractivity contribution in [2.24, 2.45) is 0 Å². The predicted octanol–water partition coefficient (Wildman–Crippen LogP) is 7.25. The Balaban J connectivity index is 1.62. The van der Waals surface area contributed by atoms with Crippen molar-refractivity contribution in [3.8, 4) is 5.75 Å². The molecule has 1 aromatic rings. The third-order valence-corrected chi connectivity index (χ3v) is 7.28. The van der Waals surface area contributed by atoms with Crippen molar-refractivity contribution < 1.29 is 37.9 Å². The first-order valence-corrected chi connectivity index (χ1v) is 17.9. The number of unbranched alkanes of at least 4 members (excludes halogenated alkanes) is 13. The van der Waals surface area contributed by atoms with Crippen molar-refractivity contribution in [3.63, 3.8) is 0 Å². The zero-order chi connectivity index (χ0) is 32.1. The summed E-state index contributed by atoms with van der Waals surface area (Å²) in [6, 6.07) is 7.41. The summed E-state index contributed by atoms with van der Waals surface area (Å²) >= 11 is 0. The van der Waals surface area contributed by atoms with Crippen LogP contribution in [0.5, 0.6) is 5.75 Å². The molecule has 0 aliphatic carbocycles. The second-order valence-corrected chi connectivity index (χ2v) is 11.3. The molecule has 0 amide bonds. The highest BCUT2D eigenvalue weighted by Gasteiger charge is 1.99. The lowest BCUT2D eigenvalue weighted by Crippen LogP contribution is -2.15. The minimum absolute atomic E-state index is 0.450. The Morgan fingerprint density at radius 3 is 1.07 bits per heavy atom. The highest BCUT2D eigenvalue weighted by atomic mass is 16.6. The van der Waals surface area contributed by atoms with E-state index in [0.717, 1.165) is 13.0 Å². The van der Waals surface area contributed by atoms with Crippen molar-refractivity contribution in [2.75, 3.05) is 105 Å². The Bertz CT molecular complexity index is 711. The Labute approximate surface area is 275 Å². The largest absolute Gasteiger partial charge is 0.489 e. The SMILES string of the molecule is CCCCCCCCCCCCCCCCOCCOCCOCCOCCOCCOCCOCCOc1ccccc1N. The monoisotopic (exact) mass is 641 g/mol. The predicted molar refractivity (Wildman–Crippen MR) is 182 cm³/mol. The van der Waals surface area contributed by atoms with Gasteiger partial charge in [-0.25, -0.2) is 0 Å². The van der Waals surface area contributed by atoms with Crippen LogP contribution in [0.3, 0.4) is 0 Å². The van der Waals surface area contributed by atoms with Gasteiger partial charge in [0.05, 0.1) is 91.6 Å². The molecule has 9 heteroatoms. The number of ether oxygens (including phenoxy) is 8. The van der Waals surface area contributed by atoms with Gasteiger partial charge in [0.25, 0.3) is 0 Å². The molecule has 45 heavy (non-hydrogen) atoms. The van der Waals surface area contributed by atoms with E-state index >= 15 is 0 Å². The van der Waals surface area contributed by atoms with Crippen LogP contribution < -0.4 is 10.5 Å². The van der Waals surface area contributed by atoms with Crippen LogP contribution in [-0.4, -0.2) is 99.1 Å². The van der Waals surface area contributed by atoms with Gasteiger partial charge in [0.15, 0.2) is 0 Å². The summed E-state index contributed by atoms with van der Waals surface area (Å²) in [4.78, 5) is 0. The number of hydrogen-bond donors (Lipinski definition) is 1. The van der Waals surface area contributed by atoms with E-state index in [1.165, 1.54) is 83.5 Å². The van der Waals surface area contributed by atoms with Gasteiger partial charge in [-0.2, -0.15) is 0 Å². The highest BCUT2D eigenvalue weighted by molar-refractivity contribution is 5.51. The maximum absolute atomic E-state index is 5.83. The highest BCUT2D eigenvalue weighted by Crippen LogP contribution is 2.19. The average Bonchev–Trinajstić information content (AvgIpc) is 3.05. The van der Waals surface area contributed by atoms with Gasteiger partial charge in [-0.1, -0.05) is 103 Å². The first kappa shape index (κ1) is 41.6. The lowest BCUT2D eigenvalue weighted by molar-refractivity contribution is -0.0212. The quantitative estimate of drug-likeness (QED) is 0.0595. The average molecular weight is 642 g/mol. The van der Waals surface area contributed by atoms with Crippen LogP contribution in [0, 0.1) is 0 Å². The summed E-state index contributed by atoms with van der Waals surface area (Å²) in [6.45, 7) is 10.7. The number of anilines is 1. The molecule has 0 fully saturated rings. The Hall–Kier alpha value is -1.46. The number of para-hydroxylation sites is 2. The standard InChI is InChI=1S/C36H67NO8/c1-2-3-4-5-6-7-8-9-10-11-12-13-14-17-20-38-21-22-39-23-24-40-25-26-41-27-28-42-29-30-43-31-32-44-33-34-45-36-19-16-15-18-35(36)37/h15-16,18-19H,2-14,17,20-34,37H2,1H3. The van der Waals surface area contributed by atoms with Gasteiger partial charge >= 0.3 is 0 Å². The van der Waals surface area contributed by atoms with E-state index in [1.54, 1.807) is 0 Å². The summed E-state index contributed by atoms with van der Waals surface area (Å²) < 4.78 is 44.3. The van der Waals surface area contributed by atoms with Gasteiger partial charge in [0.2, 0.25) is 0 Å². The van der Waals surface area contributed by atoms with Crippen LogP contribution in [0.4, 0.5) is 5.69 Å². The zero-order valence-corrected chi connectivity index (χ0v) is 28.7. The number of nitrogens with two attached hydrogens (primary N) is 1. The second kappa shape index (κ2) is 35.4. The maximum Gasteiger partial charge on any atom is 0.142 e. The summed E-state index contributed by atoms with van der Waals surface area (Å²) in [5.74, 6) is 0.678. The van der Waals surface area contributed by atoms with E-state index in [9.17, 15) is 0 Å². The van der Waals surface area contributed by atoms with Crippen LogP contribution in [0.2, 0.25) is 0 Å². The van der Waals surface area contributed by atoms with Crippen LogP contribution in [-0.2, 0) is 33.2 Å². The molecule has 1 aromatic carbocycles. The Morgan fingerprint density at radius 2 is 0.689 bits per heavy atom. The molecule has 0 aliphatic rings. The van der Waals surface area contributed by atoms with Crippen molar-refractivity contribution in [3.05, 3.63) is 24.3 Å². The lowest BCUT2D eigenvalue weighted by atomic mass is 10.0. The van der Waals surface area contributed by atoms with E-state index in [2.05, 4.69) is 6.92 Å². The number of rotatable bonds is 37. The molecular formula is C36H67NO8. The molecule has 264 valence electrons. The fourth-order valence-corrected chi connectivity index (χ4v) is 4.64. The molecule has 0 atom stereocenters. The lowest BCUT2D eigenvalue weighted by Gasteiger charge is -2.09. The molecule has 0 aliphatic heterocycles. The van der Waals surface area contributed by atoms with Crippen LogP contribution in [0.15, 0.2) is 24.3 Å². The summed E-state index contributed by atoms with van der Waals surface area (Å²) in [5, 5.41) is 0. The molecule has 0 saturated carbocycles.